The lowest BCUT2D eigenvalue weighted by Gasteiger charge is -2.40. The number of rotatable bonds is 0. The number of allylic oxidation sites excluding steroid dienone is 2. The highest BCUT2D eigenvalue weighted by Crippen LogP contribution is 2.63. The molecule has 27 heavy (non-hydrogen) atoms. The number of benzene rings is 1. The van der Waals surface area contributed by atoms with E-state index in [0.717, 1.165) is 17.6 Å². The van der Waals surface area contributed by atoms with Crippen LogP contribution in [0.1, 0.15) is 41.6 Å². The summed E-state index contributed by atoms with van der Waals surface area (Å²) in [7, 11) is 0. The largest absolute Gasteiger partial charge is 0.294 e. The molecule has 1 aromatic carbocycles. The van der Waals surface area contributed by atoms with E-state index in [1.807, 2.05) is 54.6 Å². The molecule has 3 aliphatic rings. The Bertz CT molecular complexity index is 1030. The zero-order valence-electron chi connectivity index (χ0n) is 14.7. The van der Waals surface area contributed by atoms with E-state index in [1.54, 1.807) is 0 Å². The minimum atomic E-state index is -1.75. The summed E-state index contributed by atoms with van der Waals surface area (Å²) in [5.74, 6) is -0.501. The first-order valence-electron chi connectivity index (χ1n) is 8.98. The summed E-state index contributed by atoms with van der Waals surface area (Å²) >= 11 is 0. The Kier molecular flexibility index (Phi) is 3.49. The van der Waals surface area contributed by atoms with Crippen molar-refractivity contribution >= 4 is 5.78 Å². The lowest BCUT2D eigenvalue weighted by molar-refractivity contribution is 0.0737. The number of hydrogen-bond acceptors (Lipinski definition) is 5. The standard InChI is InChI=1S/C22H16N4O/c23-11-21(12-24)8-6-16-9-20(10-18(16)22(21,13-25)14-26)7-5-15-3-1-2-4-17(15)19(20)27/h1-4,6,18H,5,7-10H2. The zero-order chi connectivity index (χ0) is 19.3. The van der Waals surface area contributed by atoms with Crippen LogP contribution in [0.3, 0.4) is 0 Å². The van der Waals surface area contributed by atoms with Crippen molar-refractivity contribution in [2.24, 2.45) is 22.2 Å². The number of aryl methyl sites for hydroxylation is 1. The summed E-state index contributed by atoms with van der Waals surface area (Å²) in [6.07, 6.45) is 4.16. The van der Waals surface area contributed by atoms with Crippen LogP contribution in [0.5, 0.6) is 0 Å². The van der Waals surface area contributed by atoms with Gasteiger partial charge in [0, 0.05) is 23.3 Å². The van der Waals surface area contributed by atoms with Crippen LogP contribution in [0, 0.1) is 67.5 Å². The zero-order valence-corrected chi connectivity index (χ0v) is 14.7. The molecular formula is C22H16N4O. The predicted octanol–water partition coefficient (Wildman–Crippen LogP) is 3.61. The number of Topliss-reactive ketones (excluding diaryl/α,β-unsaturated/α-hetero) is 1. The smallest absolute Gasteiger partial charge is 0.182 e. The summed E-state index contributed by atoms with van der Waals surface area (Å²) < 4.78 is 0. The molecule has 0 bridgehead atoms. The highest BCUT2D eigenvalue weighted by atomic mass is 16.1. The van der Waals surface area contributed by atoms with Crippen LogP contribution in [0.4, 0.5) is 0 Å². The van der Waals surface area contributed by atoms with Crippen molar-refractivity contribution in [2.45, 2.75) is 32.1 Å². The number of nitrogens with zero attached hydrogens (tertiary/aromatic N) is 4. The average molecular weight is 352 g/mol. The molecule has 1 saturated carbocycles. The number of hydrogen-bond donors (Lipinski definition) is 0. The molecule has 1 spiro atoms. The van der Waals surface area contributed by atoms with E-state index >= 15 is 0 Å². The molecule has 0 radical (unpaired) electrons. The lowest BCUT2D eigenvalue weighted by atomic mass is 9.54. The summed E-state index contributed by atoms with van der Waals surface area (Å²) in [4.78, 5) is 13.3. The minimum absolute atomic E-state index is 0.0494. The number of ketones is 1. The normalized spacial score (nSPS) is 29.3. The highest BCUT2D eigenvalue weighted by Gasteiger charge is 2.66. The van der Waals surface area contributed by atoms with Gasteiger partial charge in [0.05, 0.1) is 24.3 Å². The van der Waals surface area contributed by atoms with Crippen LogP contribution < -0.4 is 0 Å². The fourth-order valence-electron chi connectivity index (χ4n) is 5.26. The van der Waals surface area contributed by atoms with E-state index in [-0.39, 0.29) is 12.2 Å². The first-order chi connectivity index (χ1) is 13.0. The van der Waals surface area contributed by atoms with E-state index in [0.29, 0.717) is 24.8 Å². The van der Waals surface area contributed by atoms with Crippen molar-refractivity contribution in [3.05, 3.63) is 47.0 Å². The quantitative estimate of drug-likeness (QED) is 0.662. The Morgan fingerprint density at radius 3 is 2.37 bits per heavy atom. The van der Waals surface area contributed by atoms with Crippen molar-refractivity contribution in [1.82, 2.24) is 0 Å². The second kappa shape index (κ2) is 5.54. The summed E-state index contributed by atoms with van der Waals surface area (Å²) in [5, 5.41) is 39.2. The summed E-state index contributed by atoms with van der Waals surface area (Å²) in [6.45, 7) is 0. The molecule has 2 atom stereocenters. The van der Waals surface area contributed by atoms with Gasteiger partial charge in [-0.1, -0.05) is 35.9 Å². The van der Waals surface area contributed by atoms with Gasteiger partial charge in [-0.25, -0.2) is 0 Å². The molecule has 0 saturated heterocycles. The van der Waals surface area contributed by atoms with Crippen molar-refractivity contribution in [1.29, 1.82) is 21.0 Å². The van der Waals surface area contributed by atoms with Gasteiger partial charge in [0.1, 0.15) is 0 Å². The fourth-order valence-corrected chi connectivity index (χ4v) is 5.26. The number of carbonyl (C=O) groups is 1. The number of nitriles is 4. The summed E-state index contributed by atoms with van der Waals surface area (Å²) in [6, 6.07) is 15.5. The van der Waals surface area contributed by atoms with Crippen molar-refractivity contribution < 1.29 is 4.79 Å². The SMILES string of the molecule is N#CC1(C#N)CC=C2CC3(CCc4ccccc4C3=O)CC2C1(C#N)C#N. The molecule has 130 valence electrons. The maximum atomic E-state index is 13.3. The van der Waals surface area contributed by atoms with E-state index in [2.05, 4.69) is 0 Å². The average Bonchev–Trinajstić information content (AvgIpc) is 3.10. The molecule has 0 N–H and O–H groups in total. The van der Waals surface area contributed by atoms with E-state index in [1.165, 1.54) is 0 Å². The lowest BCUT2D eigenvalue weighted by Crippen LogP contribution is -2.46. The monoisotopic (exact) mass is 352 g/mol. The van der Waals surface area contributed by atoms with Crippen molar-refractivity contribution in [3.63, 3.8) is 0 Å². The van der Waals surface area contributed by atoms with Gasteiger partial charge in [-0.05, 0) is 31.2 Å². The van der Waals surface area contributed by atoms with Gasteiger partial charge in [-0.15, -0.1) is 0 Å². The topological polar surface area (TPSA) is 112 Å². The van der Waals surface area contributed by atoms with Crippen LogP contribution in [0.15, 0.2) is 35.9 Å². The Morgan fingerprint density at radius 1 is 1.00 bits per heavy atom. The Morgan fingerprint density at radius 2 is 1.70 bits per heavy atom. The molecule has 3 aliphatic carbocycles. The predicted molar refractivity (Wildman–Crippen MR) is 94.3 cm³/mol. The van der Waals surface area contributed by atoms with Crippen LogP contribution in [-0.4, -0.2) is 5.78 Å². The molecular weight excluding hydrogens is 336 g/mol. The van der Waals surface area contributed by atoms with Gasteiger partial charge in [-0.3, -0.25) is 4.79 Å². The first kappa shape index (κ1) is 17.0. The van der Waals surface area contributed by atoms with Gasteiger partial charge < -0.3 is 0 Å². The molecule has 5 heteroatoms. The molecule has 0 aromatic heterocycles. The van der Waals surface area contributed by atoms with Gasteiger partial charge >= 0.3 is 0 Å². The van der Waals surface area contributed by atoms with Crippen molar-refractivity contribution in [3.8, 4) is 24.3 Å². The third-order valence-corrected chi connectivity index (χ3v) is 6.80. The third kappa shape index (κ3) is 1.92. The molecule has 1 aromatic rings. The third-order valence-electron chi connectivity index (χ3n) is 6.80. The van der Waals surface area contributed by atoms with Gasteiger partial charge in [0.15, 0.2) is 16.6 Å². The molecule has 5 nitrogen and oxygen atoms in total. The first-order valence-corrected chi connectivity index (χ1v) is 8.98. The molecule has 0 heterocycles. The van der Waals surface area contributed by atoms with Crippen LogP contribution >= 0.6 is 0 Å². The fraction of sp³-hybridized carbons (Fsp3) is 0.409. The highest BCUT2D eigenvalue weighted by molar-refractivity contribution is 6.03. The van der Waals surface area contributed by atoms with E-state index < -0.39 is 22.2 Å². The Hall–Kier alpha value is -3.41. The Balaban J connectivity index is 1.82. The number of fused-ring (bicyclic) bond motifs is 2. The minimum Gasteiger partial charge on any atom is -0.294 e. The molecule has 0 amide bonds. The second-order valence-electron chi connectivity index (χ2n) is 7.84. The molecule has 2 unspecified atom stereocenters. The van der Waals surface area contributed by atoms with Crippen LogP contribution in [-0.2, 0) is 6.42 Å². The molecule has 1 fully saturated rings. The van der Waals surface area contributed by atoms with Gasteiger partial charge in [0.2, 0.25) is 0 Å². The van der Waals surface area contributed by atoms with E-state index in [9.17, 15) is 25.8 Å². The van der Waals surface area contributed by atoms with Crippen molar-refractivity contribution in [2.75, 3.05) is 0 Å². The maximum absolute atomic E-state index is 13.3. The second-order valence-corrected chi connectivity index (χ2v) is 7.84. The van der Waals surface area contributed by atoms with E-state index in [4.69, 9.17) is 0 Å². The van der Waals surface area contributed by atoms with Crippen LogP contribution in [0.2, 0.25) is 0 Å². The summed E-state index contributed by atoms with van der Waals surface area (Å²) in [5.41, 5.74) is -1.47. The Labute approximate surface area is 157 Å². The van der Waals surface area contributed by atoms with Gasteiger partial charge in [-0.2, -0.15) is 21.0 Å². The van der Waals surface area contributed by atoms with Gasteiger partial charge in [0.25, 0.3) is 0 Å². The maximum Gasteiger partial charge on any atom is 0.182 e. The van der Waals surface area contributed by atoms with Crippen LogP contribution in [0.25, 0.3) is 0 Å². The molecule has 0 aliphatic heterocycles. The molecule has 4 rings (SSSR count). The number of carbonyl (C=O) groups excluding carboxylic acids is 1.